The van der Waals surface area contributed by atoms with Crippen LogP contribution in [0.4, 0.5) is 0 Å². The molecule has 114 valence electrons. The number of hydrogen-bond acceptors (Lipinski definition) is 4. The molecule has 0 N–H and O–H groups in total. The molecule has 21 heavy (non-hydrogen) atoms. The number of carbonyl (C=O) groups is 1. The summed E-state index contributed by atoms with van der Waals surface area (Å²) in [6.45, 7) is 3.87. The maximum atomic E-state index is 12.6. The summed E-state index contributed by atoms with van der Waals surface area (Å²) in [6.07, 6.45) is 1.00. The zero-order chi connectivity index (χ0) is 15.2. The van der Waals surface area contributed by atoms with Gasteiger partial charge in [0.25, 0.3) is 9.05 Å². The molecule has 2 aliphatic heterocycles. The molecule has 1 fully saturated rings. The van der Waals surface area contributed by atoms with Gasteiger partial charge in [0, 0.05) is 29.3 Å². The van der Waals surface area contributed by atoms with Gasteiger partial charge in [-0.15, -0.1) is 0 Å². The highest BCUT2D eigenvalue weighted by molar-refractivity contribution is 8.13. The number of carbonyl (C=O) groups excluding carboxylic acids is 1. The molecular weight excluding hydrogens is 314 g/mol. The quantitative estimate of drug-likeness (QED) is 0.778. The molecule has 2 unspecified atom stereocenters. The predicted molar refractivity (Wildman–Crippen MR) is 78.1 cm³/mol. The number of halogens is 1. The molecule has 1 amide bonds. The van der Waals surface area contributed by atoms with E-state index in [9.17, 15) is 13.2 Å². The second kappa shape index (κ2) is 5.18. The van der Waals surface area contributed by atoms with E-state index < -0.39 is 15.0 Å². The standard InChI is InChI=1S/C14H16ClNO4S/c1-9-4-5-16(7-9)14(17)12-8-20-13-3-2-10(6-11(12)13)21(15,18)19/h2-3,6,9,12H,4-5,7-8H2,1H3. The van der Waals surface area contributed by atoms with Gasteiger partial charge in [0.2, 0.25) is 5.91 Å². The van der Waals surface area contributed by atoms with Crippen molar-refractivity contribution in [1.29, 1.82) is 0 Å². The van der Waals surface area contributed by atoms with Crippen LogP contribution in [0.3, 0.4) is 0 Å². The zero-order valence-corrected chi connectivity index (χ0v) is 13.2. The minimum atomic E-state index is -3.81. The molecule has 2 heterocycles. The van der Waals surface area contributed by atoms with Gasteiger partial charge in [-0.2, -0.15) is 0 Å². The summed E-state index contributed by atoms with van der Waals surface area (Å²) in [5, 5.41) is 0. The summed E-state index contributed by atoms with van der Waals surface area (Å²) < 4.78 is 28.4. The van der Waals surface area contributed by atoms with E-state index in [0.29, 0.717) is 17.2 Å². The van der Waals surface area contributed by atoms with Crippen molar-refractivity contribution in [3.63, 3.8) is 0 Å². The van der Waals surface area contributed by atoms with Gasteiger partial charge in [-0.1, -0.05) is 6.92 Å². The van der Waals surface area contributed by atoms with E-state index in [0.717, 1.165) is 19.5 Å². The van der Waals surface area contributed by atoms with Crippen LogP contribution in [-0.2, 0) is 13.8 Å². The Morgan fingerprint density at radius 1 is 1.43 bits per heavy atom. The van der Waals surface area contributed by atoms with Gasteiger partial charge in [-0.25, -0.2) is 8.42 Å². The number of amides is 1. The molecule has 1 aromatic rings. The fraction of sp³-hybridized carbons (Fsp3) is 0.500. The third-order valence-corrected chi connectivity index (χ3v) is 5.43. The van der Waals surface area contributed by atoms with Crippen LogP contribution in [0.25, 0.3) is 0 Å². The first-order valence-electron chi connectivity index (χ1n) is 6.86. The molecule has 1 aromatic carbocycles. The first kappa shape index (κ1) is 14.7. The number of nitrogens with zero attached hydrogens (tertiary/aromatic N) is 1. The van der Waals surface area contributed by atoms with Gasteiger partial charge in [-0.3, -0.25) is 4.79 Å². The predicted octanol–water partition coefficient (Wildman–Crippen LogP) is 1.96. The average Bonchev–Trinajstić information content (AvgIpc) is 3.02. The monoisotopic (exact) mass is 329 g/mol. The lowest BCUT2D eigenvalue weighted by atomic mass is 10.00. The largest absolute Gasteiger partial charge is 0.492 e. The summed E-state index contributed by atoms with van der Waals surface area (Å²) in [6, 6.07) is 4.41. The SMILES string of the molecule is CC1CCN(C(=O)C2COc3ccc(S(=O)(=O)Cl)cc32)C1. The fourth-order valence-electron chi connectivity index (χ4n) is 2.90. The fourth-order valence-corrected chi connectivity index (χ4v) is 3.69. The highest BCUT2D eigenvalue weighted by Crippen LogP contribution is 2.37. The Balaban J connectivity index is 1.90. The summed E-state index contributed by atoms with van der Waals surface area (Å²) in [5.41, 5.74) is 0.612. The van der Waals surface area contributed by atoms with E-state index >= 15 is 0 Å². The lowest BCUT2D eigenvalue weighted by Gasteiger charge is -2.19. The van der Waals surface area contributed by atoms with E-state index in [1.165, 1.54) is 12.1 Å². The van der Waals surface area contributed by atoms with Crippen molar-refractivity contribution in [1.82, 2.24) is 4.90 Å². The van der Waals surface area contributed by atoms with Crippen LogP contribution in [0.15, 0.2) is 23.1 Å². The number of hydrogen-bond donors (Lipinski definition) is 0. The third kappa shape index (κ3) is 2.74. The Kier molecular flexibility index (Phi) is 3.61. The van der Waals surface area contributed by atoms with Crippen molar-refractivity contribution >= 4 is 25.6 Å². The van der Waals surface area contributed by atoms with Gasteiger partial charge in [0.1, 0.15) is 18.3 Å². The zero-order valence-electron chi connectivity index (χ0n) is 11.6. The van der Waals surface area contributed by atoms with Crippen molar-refractivity contribution < 1.29 is 17.9 Å². The molecule has 0 aromatic heterocycles. The number of rotatable bonds is 2. The van der Waals surface area contributed by atoms with Crippen LogP contribution in [0.5, 0.6) is 5.75 Å². The number of ether oxygens (including phenoxy) is 1. The average molecular weight is 330 g/mol. The maximum absolute atomic E-state index is 12.6. The molecule has 0 saturated carbocycles. The number of benzene rings is 1. The van der Waals surface area contributed by atoms with E-state index in [-0.39, 0.29) is 17.4 Å². The lowest BCUT2D eigenvalue weighted by molar-refractivity contribution is -0.132. The Morgan fingerprint density at radius 3 is 2.81 bits per heavy atom. The first-order chi connectivity index (χ1) is 9.86. The van der Waals surface area contributed by atoms with Crippen LogP contribution < -0.4 is 4.74 Å². The van der Waals surface area contributed by atoms with Gasteiger partial charge in [0.15, 0.2) is 0 Å². The highest BCUT2D eigenvalue weighted by Gasteiger charge is 2.36. The van der Waals surface area contributed by atoms with Crippen LogP contribution in [0, 0.1) is 5.92 Å². The van der Waals surface area contributed by atoms with Crippen molar-refractivity contribution in [3.8, 4) is 5.75 Å². The summed E-state index contributed by atoms with van der Waals surface area (Å²) in [5.74, 6) is 0.626. The molecule has 2 atom stereocenters. The van der Waals surface area contributed by atoms with E-state index in [1.807, 2.05) is 4.90 Å². The van der Waals surface area contributed by atoms with Crippen molar-refractivity contribution in [2.75, 3.05) is 19.7 Å². The molecule has 0 radical (unpaired) electrons. The molecule has 2 aliphatic rings. The molecule has 0 spiro atoms. The van der Waals surface area contributed by atoms with Crippen LogP contribution in [-0.4, -0.2) is 38.9 Å². The topological polar surface area (TPSA) is 63.7 Å². The molecule has 0 aliphatic carbocycles. The lowest BCUT2D eigenvalue weighted by Crippen LogP contribution is -2.33. The Bertz CT molecular complexity index is 688. The number of fused-ring (bicyclic) bond motifs is 1. The molecule has 7 heteroatoms. The van der Waals surface area contributed by atoms with Crippen molar-refractivity contribution in [2.24, 2.45) is 5.92 Å². The van der Waals surface area contributed by atoms with Gasteiger partial charge in [-0.05, 0) is 30.5 Å². The molecule has 5 nitrogen and oxygen atoms in total. The van der Waals surface area contributed by atoms with E-state index in [2.05, 4.69) is 6.92 Å². The van der Waals surface area contributed by atoms with Crippen molar-refractivity contribution in [3.05, 3.63) is 23.8 Å². The smallest absolute Gasteiger partial charge is 0.261 e. The minimum Gasteiger partial charge on any atom is -0.492 e. The normalized spacial score (nSPS) is 24.8. The van der Waals surface area contributed by atoms with Crippen LogP contribution in [0.2, 0.25) is 0 Å². The minimum absolute atomic E-state index is 0.000932. The van der Waals surface area contributed by atoms with E-state index in [4.69, 9.17) is 15.4 Å². The third-order valence-electron chi connectivity index (χ3n) is 4.08. The molecule has 0 bridgehead atoms. The van der Waals surface area contributed by atoms with Gasteiger partial charge >= 0.3 is 0 Å². The summed E-state index contributed by atoms with van der Waals surface area (Å²) >= 11 is 0. The van der Waals surface area contributed by atoms with E-state index in [1.54, 1.807) is 6.07 Å². The Hall–Kier alpha value is -1.27. The summed E-state index contributed by atoms with van der Waals surface area (Å²) in [4.78, 5) is 14.4. The van der Waals surface area contributed by atoms with Crippen LogP contribution >= 0.6 is 10.7 Å². The first-order valence-corrected chi connectivity index (χ1v) is 9.17. The second-order valence-corrected chi connectivity index (χ2v) is 8.25. The Morgan fingerprint density at radius 2 is 2.19 bits per heavy atom. The second-order valence-electron chi connectivity index (χ2n) is 5.68. The summed E-state index contributed by atoms with van der Waals surface area (Å²) in [7, 11) is 1.56. The van der Waals surface area contributed by atoms with Crippen LogP contribution in [0.1, 0.15) is 24.8 Å². The molecular formula is C14H16ClNO4S. The molecule has 3 rings (SSSR count). The maximum Gasteiger partial charge on any atom is 0.261 e. The highest BCUT2D eigenvalue weighted by atomic mass is 35.7. The van der Waals surface area contributed by atoms with Gasteiger partial charge < -0.3 is 9.64 Å². The van der Waals surface area contributed by atoms with Crippen molar-refractivity contribution in [2.45, 2.75) is 24.2 Å². The Labute approximate surface area is 128 Å². The molecule has 1 saturated heterocycles. The number of likely N-dealkylation sites (tertiary alicyclic amines) is 1. The van der Waals surface area contributed by atoms with Gasteiger partial charge in [0.05, 0.1) is 4.90 Å².